The summed E-state index contributed by atoms with van der Waals surface area (Å²) in [6.45, 7) is 3.02. The maximum absolute atomic E-state index is 13.4. The number of imidazole rings is 1. The third-order valence-electron chi connectivity index (χ3n) is 7.40. The summed E-state index contributed by atoms with van der Waals surface area (Å²) in [7, 11) is 1.65. The van der Waals surface area contributed by atoms with Gasteiger partial charge in [0.25, 0.3) is 5.91 Å². The highest BCUT2D eigenvalue weighted by molar-refractivity contribution is 6.07. The first-order valence-corrected chi connectivity index (χ1v) is 12.1. The number of piperidine rings is 1. The van der Waals surface area contributed by atoms with Crippen LogP contribution in [0.5, 0.6) is 5.75 Å². The van der Waals surface area contributed by atoms with Gasteiger partial charge in [-0.1, -0.05) is 0 Å². The van der Waals surface area contributed by atoms with Crippen molar-refractivity contribution in [1.29, 1.82) is 0 Å². The predicted octanol–water partition coefficient (Wildman–Crippen LogP) is 4.36. The molecular weight excluding hydrogens is 430 g/mol. The molecule has 3 aromatic heterocycles. The van der Waals surface area contributed by atoms with E-state index in [9.17, 15) is 4.79 Å². The summed E-state index contributed by atoms with van der Waals surface area (Å²) in [5.41, 5.74) is 4.61. The molecule has 176 valence electrons. The van der Waals surface area contributed by atoms with Gasteiger partial charge in [0.05, 0.1) is 18.2 Å². The highest BCUT2D eigenvalue weighted by atomic mass is 16.5. The Morgan fingerprint density at radius 2 is 1.91 bits per heavy atom. The van der Waals surface area contributed by atoms with Gasteiger partial charge >= 0.3 is 0 Å². The molecule has 0 aliphatic carbocycles. The minimum atomic E-state index is 0.0648. The van der Waals surface area contributed by atoms with E-state index in [1.54, 1.807) is 7.11 Å². The predicted molar refractivity (Wildman–Crippen MR) is 129 cm³/mol. The molecule has 8 heteroatoms. The number of amides is 1. The first-order valence-electron chi connectivity index (χ1n) is 12.1. The topological polar surface area (TPSA) is 96.1 Å². The Bertz CT molecular complexity index is 1330. The normalized spacial score (nSPS) is 18.1. The second kappa shape index (κ2) is 8.76. The van der Waals surface area contributed by atoms with E-state index in [1.807, 2.05) is 35.5 Å². The summed E-state index contributed by atoms with van der Waals surface area (Å²) < 4.78 is 10.9. The largest absolute Gasteiger partial charge is 0.496 e. The molecule has 5 heterocycles. The Kier molecular flexibility index (Phi) is 5.45. The lowest BCUT2D eigenvalue weighted by Crippen LogP contribution is -2.38. The minimum Gasteiger partial charge on any atom is -0.496 e. The Labute approximate surface area is 197 Å². The molecule has 0 unspecified atom stereocenters. The summed E-state index contributed by atoms with van der Waals surface area (Å²) in [6.07, 6.45) is 7.54. The number of aromatic amines is 2. The van der Waals surface area contributed by atoms with E-state index in [2.05, 4.69) is 21.0 Å². The van der Waals surface area contributed by atoms with E-state index in [-0.39, 0.29) is 5.91 Å². The summed E-state index contributed by atoms with van der Waals surface area (Å²) in [5, 5.41) is 0.932. The first kappa shape index (κ1) is 21.2. The van der Waals surface area contributed by atoms with Crippen LogP contribution in [0.15, 0.2) is 36.7 Å². The second-order valence-electron chi connectivity index (χ2n) is 9.25. The molecule has 1 aromatic carbocycles. The van der Waals surface area contributed by atoms with Crippen molar-refractivity contribution in [3.63, 3.8) is 0 Å². The third kappa shape index (κ3) is 3.62. The van der Waals surface area contributed by atoms with E-state index < -0.39 is 0 Å². The van der Waals surface area contributed by atoms with Crippen LogP contribution in [0.1, 0.15) is 59.3 Å². The molecule has 0 bridgehead atoms. The van der Waals surface area contributed by atoms with Gasteiger partial charge in [0, 0.05) is 50.0 Å². The summed E-state index contributed by atoms with van der Waals surface area (Å²) in [4.78, 5) is 31.5. The number of carbonyl (C=O) groups is 1. The van der Waals surface area contributed by atoms with Crippen LogP contribution in [0.25, 0.3) is 22.1 Å². The van der Waals surface area contributed by atoms with Crippen LogP contribution < -0.4 is 4.74 Å². The quantitative estimate of drug-likeness (QED) is 0.473. The number of ether oxygens (including phenoxy) is 2. The van der Waals surface area contributed by atoms with Crippen molar-refractivity contribution in [1.82, 2.24) is 24.8 Å². The lowest BCUT2D eigenvalue weighted by atomic mass is 9.89. The molecule has 0 spiro atoms. The zero-order chi connectivity index (χ0) is 23.1. The summed E-state index contributed by atoms with van der Waals surface area (Å²) in [5.74, 6) is 2.63. The molecule has 2 aliphatic rings. The van der Waals surface area contributed by atoms with Crippen LogP contribution in [0.3, 0.4) is 0 Å². The molecule has 8 nitrogen and oxygen atoms in total. The average molecular weight is 460 g/mol. The number of hydrogen-bond acceptors (Lipinski definition) is 5. The molecule has 2 aliphatic heterocycles. The number of rotatable bonds is 4. The number of carbonyl (C=O) groups excluding carboxylic acids is 1. The standard InChI is InChI=1S/C26H29N5O3/c1-33-21-3-2-20(22-19(21)5-10-27-22)26(32)31-12-6-16(7-13-31)18-4-11-28-25-23(18)29-24(30-25)17-8-14-34-15-9-17/h2-5,10-11,16-17,27H,6-9,12-15H2,1H3,(H,28,29,30). The molecule has 2 N–H and O–H groups in total. The lowest BCUT2D eigenvalue weighted by molar-refractivity contribution is 0.0715. The van der Waals surface area contributed by atoms with Gasteiger partial charge in [-0.05, 0) is 61.4 Å². The third-order valence-corrected chi connectivity index (χ3v) is 7.40. The molecule has 2 saturated heterocycles. The number of benzene rings is 1. The molecule has 4 aromatic rings. The van der Waals surface area contributed by atoms with Crippen molar-refractivity contribution in [3.05, 3.63) is 53.6 Å². The van der Waals surface area contributed by atoms with Gasteiger partial charge in [-0.25, -0.2) is 9.97 Å². The van der Waals surface area contributed by atoms with Gasteiger partial charge in [0.15, 0.2) is 5.65 Å². The molecule has 2 fully saturated rings. The summed E-state index contributed by atoms with van der Waals surface area (Å²) >= 11 is 0. The maximum atomic E-state index is 13.4. The van der Waals surface area contributed by atoms with Crippen molar-refractivity contribution in [3.8, 4) is 5.75 Å². The number of nitrogens with zero attached hydrogens (tertiary/aromatic N) is 3. The van der Waals surface area contributed by atoms with Gasteiger partial charge in [-0.15, -0.1) is 0 Å². The van der Waals surface area contributed by atoms with Gasteiger partial charge < -0.3 is 24.3 Å². The van der Waals surface area contributed by atoms with E-state index in [4.69, 9.17) is 14.5 Å². The van der Waals surface area contributed by atoms with Crippen molar-refractivity contribution >= 4 is 28.0 Å². The fourth-order valence-electron chi connectivity index (χ4n) is 5.49. The van der Waals surface area contributed by atoms with Crippen LogP contribution in [0.2, 0.25) is 0 Å². The molecule has 0 atom stereocenters. The number of hydrogen-bond donors (Lipinski definition) is 2. The highest BCUT2D eigenvalue weighted by Gasteiger charge is 2.28. The van der Waals surface area contributed by atoms with Crippen LogP contribution in [-0.2, 0) is 4.74 Å². The Balaban J connectivity index is 1.20. The zero-order valence-electron chi connectivity index (χ0n) is 19.3. The van der Waals surface area contributed by atoms with Crippen LogP contribution in [0.4, 0.5) is 0 Å². The smallest absolute Gasteiger partial charge is 0.255 e. The molecule has 34 heavy (non-hydrogen) atoms. The lowest BCUT2D eigenvalue weighted by Gasteiger charge is -2.32. The number of pyridine rings is 1. The van der Waals surface area contributed by atoms with Crippen LogP contribution in [-0.4, -0.2) is 64.2 Å². The van der Waals surface area contributed by atoms with E-state index >= 15 is 0 Å². The maximum Gasteiger partial charge on any atom is 0.255 e. The second-order valence-corrected chi connectivity index (χ2v) is 9.25. The summed E-state index contributed by atoms with van der Waals surface area (Å²) in [6, 6.07) is 7.78. The number of likely N-dealkylation sites (tertiary alicyclic amines) is 1. The van der Waals surface area contributed by atoms with E-state index in [1.165, 1.54) is 5.56 Å². The molecule has 1 amide bonds. The molecule has 0 radical (unpaired) electrons. The van der Waals surface area contributed by atoms with Crippen LogP contribution in [0, 0.1) is 0 Å². The zero-order valence-corrected chi connectivity index (χ0v) is 19.3. The van der Waals surface area contributed by atoms with Crippen molar-refractivity contribution < 1.29 is 14.3 Å². The van der Waals surface area contributed by atoms with Gasteiger partial charge in [0.1, 0.15) is 17.1 Å². The number of H-pyrrole nitrogens is 2. The Morgan fingerprint density at radius 1 is 1.09 bits per heavy atom. The molecule has 6 rings (SSSR count). The number of fused-ring (bicyclic) bond motifs is 2. The molecular formula is C26H29N5O3. The monoisotopic (exact) mass is 459 g/mol. The Morgan fingerprint density at radius 3 is 2.71 bits per heavy atom. The van der Waals surface area contributed by atoms with E-state index in [0.29, 0.717) is 17.4 Å². The number of methoxy groups -OCH3 is 1. The van der Waals surface area contributed by atoms with Crippen molar-refractivity contribution in [2.75, 3.05) is 33.4 Å². The van der Waals surface area contributed by atoms with Crippen molar-refractivity contribution in [2.45, 2.75) is 37.5 Å². The number of nitrogens with one attached hydrogen (secondary N) is 2. The van der Waals surface area contributed by atoms with Gasteiger partial charge in [0.2, 0.25) is 0 Å². The van der Waals surface area contributed by atoms with Crippen molar-refractivity contribution in [2.24, 2.45) is 0 Å². The Hall–Kier alpha value is -3.39. The van der Waals surface area contributed by atoms with Gasteiger partial charge in [-0.2, -0.15) is 0 Å². The van der Waals surface area contributed by atoms with E-state index in [0.717, 1.165) is 85.6 Å². The average Bonchev–Trinajstić information content (AvgIpc) is 3.56. The molecule has 0 saturated carbocycles. The fraction of sp³-hybridized carbons (Fsp3) is 0.423. The highest BCUT2D eigenvalue weighted by Crippen LogP contribution is 2.35. The number of aromatic nitrogens is 4. The SMILES string of the molecule is COc1ccc(C(=O)N2CCC(c3ccnc4[nH]c(C5CCOCC5)nc34)CC2)c2[nH]ccc12. The minimum absolute atomic E-state index is 0.0648. The first-order chi connectivity index (χ1) is 16.7. The fourth-order valence-corrected chi connectivity index (χ4v) is 5.49. The van der Waals surface area contributed by atoms with Crippen LogP contribution >= 0.6 is 0 Å². The van der Waals surface area contributed by atoms with Gasteiger partial charge in [-0.3, -0.25) is 4.79 Å².